The Morgan fingerprint density at radius 3 is 2.78 bits per heavy atom. The van der Waals surface area contributed by atoms with Gasteiger partial charge in [0, 0.05) is 18.7 Å². The van der Waals surface area contributed by atoms with Crippen LogP contribution in [0.2, 0.25) is 5.15 Å². The number of aliphatic hydroxyl groups is 1. The monoisotopic (exact) mass is 269 g/mol. The van der Waals surface area contributed by atoms with Gasteiger partial charge in [0.15, 0.2) is 0 Å². The van der Waals surface area contributed by atoms with Gasteiger partial charge in [0.05, 0.1) is 5.60 Å². The molecule has 0 saturated carbocycles. The number of piperidine rings is 1. The first-order valence-corrected chi connectivity index (χ1v) is 6.76. The minimum Gasteiger partial charge on any atom is -0.388 e. The number of hydrogen-bond acceptors (Lipinski definition) is 4. The number of halogens is 1. The highest BCUT2D eigenvalue weighted by atomic mass is 35.5. The highest BCUT2D eigenvalue weighted by Crippen LogP contribution is 2.33. The van der Waals surface area contributed by atoms with Crippen molar-refractivity contribution in [2.45, 2.75) is 45.1 Å². The van der Waals surface area contributed by atoms with E-state index >= 15 is 0 Å². The Hall–Kier alpha value is -0.870. The lowest BCUT2D eigenvalue weighted by Crippen LogP contribution is -2.46. The third-order valence-corrected chi connectivity index (χ3v) is 3.67. The second kappa shape index (κ2) is 5.02. The summed E-state index contributed by atoms with van der Waals surface area (Å²) in [6.07, 6.45) is 3.29. The van der Waals surface area contributed by atoms with E-state index in [0.29, 0.717) is 11.7 Å². The fourth-order valence-corrected chi connectivity index (χ4v) is 2.86. The normalized spacial score (nSPS) is 24.7. The molecule has 0 radical (unpaired) electrons. The van der Waals surface area contributed by atoms with Gasteiger partial charge in [-0.2, -0.15) is 0 Å². The Labute approximate surface area is 113 Å². The van der Waals surface area contributed by atoms with E-state index < -0.39 is 5.60 Å². The first-order valence-electron chi connectivity index (χ1n) is 6.38. The molecule has 2 rings (SSSR count). The van der Waals surface area contributed by atoms with Crippen LogP contribution in [0.4, 0.5) is 5.82 Å². The van der Waals surface area contributed by atoms with Gasteiger partial charge in [0.2, 0.25) is 0 Å². The molecule has 1 aliphatic rings. The molecule has 100 valence electrons. The average Bonchev–Trinajstić information content (AvgIpc) is 2.26. The predicted octanol–water partition coefficient (Wildman–Crippen LogP) is 2.60. The van der Waals surface area contributed by atoms with E-state index in [1.807, 2.05) is 6.92 Å². The summed E-state index contributed by atoms with van der Waals surface area (Å²) in [5.74, 6) is 1.13. The molecule has 5 heteroatoms. The molecule has 0 aromatic carbocycles. The van der Waals surface area contributed by atoms with Crippen molar-refractivity contribution in [1.29, 1.82) is 0 Å². The first kappa shape index (κ1) is 13.6. The third kappa shape index (κ3) is 2.75. The topological polar surface area (TPSA) is 49.2 Å². The molecule has 1 unspecified atom stereocenters. The zero-order chi connectivity index (χ0) is 13.3. The van der Waals surface area contributed by atoms with Crippen LogP contribution in [0, 0.1) is 0 Å². The van der Waals surface area contributed by atoms with Crippen LogP contribution < -0.4 is 4.90 Å². The maximum atomic E-state index is 10.2. The zero-order valence-corrected chi connectivity index (χ0v) is 11.9. The summed E-state index contributed by atoms with van der Waals surface area (Å²) in [6.45, 7) is 7.53. The number of nitrogens with zero attached hydrogens (tertiary/aromatic N) is 3. The summed E-state index contributed by atoms with van der Waals surface area (Å²) in [5.41, 5.74) is 0.320. The van der Waals surface area contributed by atoms with Crippen molar-refractivity contribution in [3.63, 3.8) is 0 Å². The van der Waals surface area contributed by atoms with Gasteiger partial charge in [-0.25, -0.2) is 9.97 Å². The number of hydrogen-bond donors (Lipinski definition) is 1. The van der Waals surface area contributed by atoms with Crippen molar-refractivity contribution in [3.05, 3.63) is 17.0 Å². The van der Waals surface area contributed by atoms with E-state index in [1.54, 1.807) is 0 Å². The van der Waals surface area contributed by atoms with E-state index in [2.05, 4.69) is 28.7 Å². The van der Waals surface area contributed by atoms with E-state index in [9.17, 15) is 5.11 Å². The zero-order valence-electron chi connectivity index (χ0n) is 11.1. The molecular formula is C13H20ClN3O. The molecular weight excluding hydrogens is 250 g/mol. The average molecular weight is 270 g/mol. The van der Waals surface area contributed by atoms with Gasteiger partial charge >= 0.3 is 0 Å². The Morgan fingerprint density at radius 1 is 1.44 bits per heavy atom. The summed E-state index contributed by atoms with van der Waals surface area (Å²) in [6, 6.07) is 0. The Kier molecular flexibility index (Phi) is 3.78. The van der Waals surface area contributed by atoms with Crippen molar-refractivity contribution in [2.75, 3.05) is 18.0 Å². The van der Waals surface area contributed by atoms with Crippen molar-refractivity contribution >= 4 is 17.4 Å². The minimum absolute atomic E-state index is 0.264. The quantitative estimate of drug-likeness (QED) is 0.839. The minimum atomic E-state index is -0.649. The van der Waals surface area contributed by atoms with Gasteiger partial charge in [-0.1, -0.05) is 25.4 Å². The maximum absolute atomic E-state index is 10.2. The molecule has 0 aliphatic carbocycles. The largest absolute Gasteiger partial charge is 0.388 e. The fraction of sp³-hybridized carbons (Fsp3) is 0.692. The highest BCUT2D eigenvalue weighted by Gasteiger charge is 2.31. The van der Waals surface area contributed by atoms with Crippen molar-refractivity contribution in [3.8, 4) is 0 Å². The fourth-order valence-electron chi connectivity index (χ4n) is 2.51. The Balaban J connectivity index is 2.36. The van der Waals surface area contributed by atoms with E-state index in [1.165, 1.54) is 6.33 Å². The van der Waals surface area contributed by atoms with Gasteiger partial charge < -0.3 is 10.0 Å². The van der Waals surface area contributed by atoms with E-state index in [4.69, 9.17) is 11.6 Å². The molecule has 0 bridgehead atoms. The van der Waals surface area contributed by atoms with Gasteiger partial charge in [0.1, 0.15) is 17.3 Å². The second-order valence-corrected chi connectivity index (χ2v) is 5.94. The van der Waals surface area contributed by atoms with Gasteiger partial charge in [-0.05, 0) is 25.7 Å². The molecule has 1 saturated heterocycles. The van der Waals surface area contributed by atoms with Crippen LogP contribution in [0.1, 0.15) is 45.1 Å². The molecule has 0 amide bonds. The molecule has 2 heterocycles. The van der Waals surface area contributed by atoms with Gasteiger partial charge in [0.25, 0.3) is 0 Å². The highest BCUT2D eigenvalue weighted by molar-refractivity contribution is 6.30. The van der Waals surface area contributed by atoms with Crippen molar-refractivity contribution in [2.24, 2.45) is 0 Å². The number of anilines is 1. The number of β-amino-alcohol motifs (C(OH)–C–C–N with tert-alkyl or cyclic N) is 1. The summed E-state index contributed by atoms with van der Waals surface area (Å²) < 4.78 is 0. The lowest BCUT2D eigenvalue weighted by molar-refractivity contribution is 0.0446. The SMILES string of the molecule is CC(C)c1c(Cl)ncnc1N1CCCC(C)(O)C1. The van der Waals surface area contributed by atoms with Gasteiger partial charge in [-0.15, -0.1) is 0 Å². The summed E-state index contributed by atoms with van der Waals surface area (Å²) >= 11 is 6.17. The number of rotatable bonds is 2. The third-order valence-electron chi connectivity index (χ3n) is 3.37. The smallest absolute Gasteiger partial charge is 0.138 e. The summed E-state index contributed by atoms with van der Waals surface area (Å²) in [7, 11) is 0. The van der Waals surface area contributed by atoms with Crippen LogP contribution in [-0.2, 0) is 0 Å². The summed E-state index contributed by atoms with van der Waals surface area (Å²) in [5, 5.41) is 10.7. The van der Waals surface area contributed by atoms with Crippen LogP contribution in [0.5, 0.6) is 0 Å². The molecule has 1 atom stereocenters. The van der Waals surface area contributed by atoms with Crippen LogP contribution in [-0.4, -0.2) is 33.8 Å². The maximum Gasteiger partial charge on any atom is 0.138 e. The van der Waals surface area contributed by atoms with Crippen molar-refractivity contribution in [1.82, 2.24) is 9.97 Å². The van der Waals surface area contributed by atoms with E-state index in [-0.39, 0.29) is 5.92 Å². The predicted molar refractivity (Wildman–Crippen MR) is 73.2 cm³/mol. The molecule has 0 spiro atoms. The van der Waals surface area contributed by atoms with Crippen LogP contribution in [0.3, 0.4) is 0 Å². The molecule has 18 heavy (non-hydrogen) atoms. The number of aromatic nitrogens is 2. The molecule has 1 N–H and O–H groups in total. The molecule has 4 nitrogen and oxygen atoms in total. The lowest BCUT2D eigenvalue weighted by Gasteiger charge is -2.38. The van der Waals surface area contributed by atoms with Gasteiger partial charge in [-0.3, -0.25) is 0 Å². The molecule has 1 aromatic heterocycles. The summed E-state index contributed by atoms with van der Waals surface area (Å²) in [4.78, 5) is 10.5. The Morgan fingerprint density at radius 2 is 2.17 bits per heavy atom. The Bertz CT molecular complexity index is 434. The second-order valence-electron chi connectivity index (χ2n) is 5.58. The molecule has 1 aliphatic heterocycles. The van der Waals surface area contributed by atoms with Crippen LogP contribution in [0.25, 0.3) is 0 Å². The lowest BCUT2D eigenvalue weighted by atomic mass is 9.94. The molecule has 1 aromatic rings. The van der Waals surface area contributed by atoms with Crippen LogP contribution in [0.15, 0.2) is 6.33 Å². The first-order chi connectivity index (χ1) is 8.41. The molecule has 1 fully saturated rings. The van der Waals surface area contributed by atoms with E-state index in [0.717, 1.165) is 30.8 Å². The van der Waals surface area contributed by atoms with Crippen LogP contribution >= 0.6 is 11.6 Å². The van der Waals surface area contributed by atoms with Crippen molar-refractivity contribution < 1.29 is 5.11 Å². The standard InChI is InChI=1S/C13H20ClN3O/c1-9(2)10-11(14)15-8-16-12(10)17-6-4-5-13(3,18)7-17/h8-9,18H,4-7H2,1-3H3.